The van der Waals surface area contributed by atoms with Gasteiger partial charge in [-0.2, -0.15) is 0 Å². The Morgan fingerprint density at radius 3 is 2.36 bits per heavy atom. The second-order valence-electron chi connectivity index (χ2n) is 8.57. The molecule has 0 fully saturated rings. The minimum atomic E-state index is -0.00943. The van der Waals surface area contributed by atoms with Crippen molar-refractivity contribution in [3.8, 4) is 0 Å². The zero-order valence-electron chi connectivity index (χ0n) is 18.3. The van der Waals surface area contributed by atoms with Gasteiger partial charge in [-0.05, 0) is 60.9 Å². The molecule has 0 radical (unpaired) electrons. The van der Waals surface area contributed by atoms with Gasteiger partial charge in [0, 0.05) is 11.9 Å². The van der Waals surface area contributed by atoms with Crippen LogP contribution in [-0.4, -0.2) is 21.2 Å². The lowest BCUT2D eigenvalue weighted by molar-refractivity contribution is -0.115. The van der Waals surface area contributed by atoms with Crippen molar-refractivity contribution in [1.82, 2.24) is 9.55 Å². The molecule has 1 aliphatic carbocycles. The molecule has 2 aliphatic rings. The number of benzene rings is 2. The Kier molecular flexibility index (Phi) is 5.11. The summed E-state index contributed by atoms with van der Waals surface area (Å²) in [6, 6.07) is 16.3. The Balaban J connectivity index is 1.34. The second kappa shape index (κ2) is 8.15. The lowest BCUT2D eigenvalue weighted by Gasteiger charge is -2.25. The van der Waals surface area contributed by atoms with Crippen LogP contribution in [0.4, 0.5) is 11.4 Å². The fourth-order valence-corrected chi connectivity index (χ4v) is 7.10. The highest BCUT2D eigenvalue weighted by Crippen LogP contribution is 2.38. The number of thiophene rings is 1. The summed E-state index contributed by atoms with van der Waals surface area (Å²) >= 11 is 2.98. The summed E-state index contributed by atoms with van der Waals surface area (Å²) in [6.45, 7) is 0. The Hall–Kier alpha value is -2.90. The first-order valence-electron chi connectivity index (χ1n) is 11.2. The summed E-state index contributed by atoms with van der Waals surface area (Å²) in [6.07, 6.45) is 4.92. The lowest BCUT2D eigenvalue weighted by atomic mass is 10.0. The summed E-state index contributed by atoms with van der Waals surface area (Å²) in [4.78, 5) is 35.5. The molecule has 33 heavy (non-hydrogen) atoms. The number of fused-ring (bicyclic) bond motifs is 5. The predicted octanol–water partition coefficient (Wildman–Crippen LogP) is 5.04. The third kappa shape index (κ3) is 3.42. The molecule has 3 heterocycles. The molecule has 0 saturated carbocycles. The normalized spacial score (nSPS) is 14.6. The summed E-state index contributed by atoms with van der Waals surface area (Å²) < 4.78 is 1.61. The van der Waals surface area contributed by atoms with Crippen molar-refractivity contribution >= 4 is 50.6 Å². The molecule has 7 heteroatoms. The Morgan fingerprint density at radius 1 is 1.00 bits per heavy atom. The average Bonchev–Trinajstić information content (AvgIpc) is 3.37. The molecule has 0 bridgehead atoms. The standard InChI is InChI=1S/C26H23N3O2S2/c1-28-25(31)23-18-9-6-12-21(18)33-24(23)27-26(28)32-15-22(30)29-19-10-4-2-7-16(19)13-14-17-8-3-5-11-20(17)29/h2-5,7-8,10-11H,6,9,12-15H2,1H3. The van der Waals surface area contributed by atoms with Crippen molar-refractivity contribution in [3.05, 3.63) is 80.5 Å². The first-order valence-corrected chi connectivity index (χ1v) is 13.0. The van der Waals surface area contributed by atoms with Gasteiger partial charge < -0.3 is 0 Å². The highest BCUT2D eigenvalue weighted by molar-refractivity contribution is 7.99. The number of carbonyl (C=O) groups is 1. The number of nitrogens with zero attached hydrogens (tertiary/aromatic N) is 3. The van der Waals surface area contributed by atoms with Gasteiger partial charge in [-0.25, -0.2) is 4.98 Å². The van der Waals surface area contributed by atoms with Gasteiger partial charge in [0.25, 0.3) is 5.56 Å². The van der Waals surface area contributed by atoms with Crippen molar-refractivity contribution in [3.63, 3.8) is 0 Å². The number of carbonyl (C=O) groups excluding carboxylic acids is 1. The van der Waals surface area contributed by atoms with Crippen molar-refractivity contribution in [1.29, 1.82) is 0 Å². The molecule has 0 saturated heterocycles. The van der Waals surface area contributed by atoms with Gasteiger partial charge in [-0.15, -0.1) is 11.3 Å². The summed E-state index contributed by atoms with van der Waals surface area (Å²) in [5.74, 6) is 0.198. The molecule has 1 aliphatic heterocycles. The van der Waals surface area contributed by atoms with E-state index in [4.69, 9.17) is 4.98 Å². The number of thioether (sulfide) groups is 1. The van der Waals surface area contributed by atoms with E-state index in [2.05, 4.69) is 12.1 Å². The van der Waals surface area contributed by atoms with Crippen LogP contribution in [0.2, 0.25) is 0 Å². The van der Waals surface area contributed by atoms with Crippen LogP contribution in [0.3, 0.4) is 0 Å². The molecule has 2 aromatic heterocycles. The van der Waals surface area contributed by atoms with Crippen LogP contribution in [0.15, 0.2) is 58.5 Å². The predicted molar refractivity (Wildman–Crippen MR) is 135 cm³/mol. The van der Waals surface area contributed by atoms with Crippen LogP contribution >= 0.6 is 23.1 Å². The number of amides is 1. The lowest BCUT2D eigenvalue weighted by Crippen LogP contribution is -2.29. The molecule has 6 rings (SSSR count). The quantitative estimate of drug-likeness (QED) is 0.309. The molecular weight excluding hydrogens is 450 g/mol. The maximum absolute atomic E-state index is 13.6. The van der Waals surface area contributed by atoms with E-state index >= 15 is 0 Å². The topological polar surface area (TPSA) is 55.2 Å². The van der Waals surface area contributed by atoms with Crippen molar-refractivity contribution < 1.29 is 4.79 Å². The number of hydrogen-bond donors (Lipinski definition) is 0. The van der Waals surface area contributed by atoms with Crippen LogP contribution in [0.1, 0.15) is 28.0 Å². The first kappa shape index (κ1) is 20.7. The monoisotopic (exact) mass is 473 g/mol. The largest absolute Gasteiger partial charge is 0.290 e. The second-order valence-corrected chi connectivity index (χ2v) is 10.6. The van der Waals surface area contributed by atoms with E-state index in [1.54, 1.807) is 23.0 Å². The van der Waals surface area contributed by atoms with E-state index in [-0.39, 0.29) is 17.2 Å². The summed E-state index contributed by atoms with van der Waals surface area (Å²) in [5, 5.41) is 1.37. The number of para-hydroxylation sites is 2. The van der Waals surface area contributed by atoms with Crippen LogP contribution in [0, 0.1) is 0 Å². The molecule has 0 atom stereocenters. The fourth-order valence-electron chi connectivity index (χ4n) is 4.97. The van der Waals surface area contributed by atoms with Crippen LogP contribution in [0.25, 0.3) is 10.2 Å². The van der Waals surface area contributed by atoms with E-state index in [0.717, 1.165) is 53.7 Å². The number of anilines is 2. The van der Waals surface area contributed by atoms with Gasteiger partial charge in [-0.1, -0.05) is 48.2 Å². The van der Waals surface area contributed by atoms with Crippen LogP contribution in [-0.2, 0) is 37.5 Å². The third-order valence-electron chi connectivity index (χ3n) is 6.61. The number of aryl methyl sites for hydroxylation is 4. The Labute approximate surface area is 200 Å². The van der Waals surface area contributed by atoms with E-state index in [1.807, 2.05) is 41.3 Å². The number of rotatable bonds is 3. The van der Waals surface area contributed by atoms with Gasteiger partial charge in [-0.3, -0.25) is 19.1 Å². The van der Waals surface area contributed by atoms with Crippen molar-refractivity contribution in [2.24, 2.45) is 7.05 Å². The minimum Gasteiger partial charge on any atom is -0.290 e. The maximum Gasteiger partial charge on any atom is 0.262 e. The Morgan fingerprint density at radius 2 is 1.67 bits per heavy atom. The minimum absolute atomic E-state index is 0.000173. The van der Waals surface area contributed by atoms with E-state index in [1.165, 1.54) is 33.3 Å². The molecule has 0 spiro atoms. The zero-order chi connectivity index (χ0) is 22.5. The van der Waals surface area contributed by atoms with E-state index < -0.39 is 0 Å². The Bertz CT molecular complexity index is 1420. The SMILES string of the molecule is Cn1c(SCC(=O)N2c3ccccc3CCc3ccccc32)nc2sc3c(c2c1=O)CCC3. The molecule has 2 aromatic carbocycles. The molecule has 5 nitrogen and oxygen atoms in total. The van der Waals surface area contributed by atoms with Crippen LogP contribution in [0.5, 0.6) is 0 Å². The van der Waals surface area contributed by atoms with E-state index in [0.29, 0.717) is 5.16 Å². The molecule has 4 aromatic rings. The average molecular weight is 474 g/mol. The molecule has 1 amide bonds. The third-order valence-corrected chi connectivity index (χ3v) is 8.81. The first-order chi connectivity index (χ1) is 16.1. The summed E-state index contributed by atoms with van der Waals surface area (Å²) in [5.41, 5.74) is 5.42. The summed E-state index contributed by atoms with van der Waals surface area (Å²) in [7, 11) is 1.76. The van der Waals surface area contributed by atoms with Crippen molar-refractivity contribution in [2.45, 2.75) is 37.3 Å². The maximum atomic E-state index is 13.6. The van der Waals surface area contributed by atoms with Gasteiger partial charge in [0.15, 0.2) is 5.16 Å². The van der Waals surface area contributed by atoms with E-state index in [9.17, 15) is 9.59 Å². The van der Waals surface area contributed by atoms with Gasteiger partial charge in [0.2, 0.25) is 5.91 Å². The number of aromatic nitrogens is 2. The van der Waals surface area contributed by atoms with Crippen molar-refractivity contribution in [2.75, 3.05) is 10.7 Å². The molecule has 0 N–H and O–H groups in total. The fraction of sp³-hybridized carbons (Fsp3) is 0.269. The van der Waals surface area contributed by atoms with Gasteiger partial charge in [0.1, 0.15) is 4.83 Å². The van der Waals surface area contributed by atoms with Crippen LogP contribution < -0.4 is 10.5 Å². The zero-order valence-corrected chi connectivity index (χ0v) is 20.0. The number of hydrogen-bond acceptors (Lipinski definition) is 5. The molecular formula is C26H23N3O2S2. The highest BCUT2D eigenvalue weighted by atomic mass is 32.2. The molecule has 166 valence electrons. The highest BCUT2D eigenvalue weighted by Gasteiger charge is 2.27. The molecule has 0 unspecified atom stereocenters. The smallest absolute Gasteiger partial charge is 0.262 e. The van der Waals surface area contributed by atoms with Gasteiger partial charge >= 0.3 is 0 Å². The van der Waals surface area contributed by atoms with Gasteiger partial charge in [0.05, 0.1) is 22.5 Å².